The molecule has 1 aromatic carbocycles. The molecule has 0 heterocycles. The standard InChI is InChI=1S/C14H22O3S.Na/c1-3-5-7-12-9-13(8-6-4-2)11-14(10-12)18(15,16)17;/h9-11H,3-8H2,1-2H3,(H,15,16,17);/q;+1/p-1. The summed E-state index contributed by atoms with van der Waals surface area (Å²) in [5.74, 6) is 0. The Morgan fingerprint density at radius 3 is 1.68 bits per heavy atom. The number of hydrogen-bond acceptors (Lipinski definition) is 3. The third kappa shape index (κ3) is 6.91. The fourth-order valence-electron chi connectivity index (χ4n) is 1.92. The Labute approximate surface area is 138 Å². The molecular weight excluding hydrogens is 271 g/mol. The van der Waals surface area contributed by atoms with Crippen molar-refractivity contribution in [3.8, 4) is 0 Å². The molecule has 0 radical (unpaired) electrons. The number of aryl methyl sites for hydroxylation is 2. The van der Waals surface area contributed by atoms with Crippen LogP contribution in [0.3, 0.4) is 0 Å². The number of hydrogen-bond donors (Lipinski definition) is 0. The van der Waals surface area contributed by atoms with Gasteiger partial charge in [-0.25, -0.2) is 8.42 Å². The van der Waals surface area contributed by atoms with Gasteiger partial charge in [-0.3, -0.25) is 0 Å². The fraction of sp³-hybridized carbons (Fsp3) is 0.571. The molecule has 0 saturated carbocycles. The van der Waals surface area contributed by atoms with Gasteiger partial charge in [0.2, 0.25) is 0 Å². The number of rotatable bonds is 7. The van der Waals surface area contributed by atoms with Crippen molar-refractivity contribution in [1.82, 2.24) is 0 Å². The van der Waals surface area contributed by atoms with Crippen LogP contribution in [0, 0.1) is 0 Å². The number of benzene rings is 1. The van der Waals surface area contributed by atoms with Gasteiger partial charge in [-0.15, -0.1) is 0 Å². The van der Waals surface area contributed by atoms with Crippen LogP contribution in [-0.2, 0) is 23.0 Å². The van der Waals surface area contributed by atoms with Gasteiger partial charge >= 0.3 is 29.6 Å². The minimum absolute atomic E-state index is 0. The molecule has 0 atom stereocenters. The maximum Gasteiger partial charge on any atom is 1.00 e. The van der Waals surface area contributed by atoms with Crippen molar-refractivity contribution in [2.75, 3.05) is 0 Å². The van der Waals surface area contributed by atoms with Crippen LogP contribution in [-0.4, -0.2) is 13.0 Å². The van der Waals surface area contributed by atoms with Crippen molar-refractivity contribution in [3.05, 3.63) is 29.3 Å². The first-order valence-electron chi connectivity index (χ1n) is 6.56. The van der Waals surface area contributed by atoms with Crippen LogP contribution in [0.25, 0.3) is 0 Å². The van der Waals surface area contributed by atoms with E-state index in [0.29, 0.717) is 0 Å². The second kappa shape index (κ2) is 9.14. The molecule has 19 heavy (non-hydrogen) atoms. The maximum absolute atomic E-state index is 11.1. The summed E-state index contributed by atoms with van der Waals surface area (Å²) < 4.78 is 33.4. The van der Waals surface area contributed by atoms with Gasteiger partial charge in [0.25, 0.3) is 0 Å². The molecule has 0 aliphatic carbocycles. The molecule has 5 heteroatoms. The van der Waals surface area contributed by atoms with Crippen molar-refractivity contribution in [1.29, 1.82) is 0 Å². The normalized spacial score (nSPS) is 11.1. The van der Waals surface area contributed by atoms with Gasteiger partial charge in [-0.1, -0.05) is 32.8 Å². The molecule has 1 rings (SSSR count). The zero-order valence-corrected chi connectivity index (χ0v) is 14.9. The summed E-state index contributed by atoms with van der Waals surface area (Å²) in [6.07, 6.45) is 5.79. The Morgan fingerprint density at radius 2 is 1.37 bits per heavy atom. The fourth-order valence-corrected chi connectivity index (χ4v) is 2.51. The van der Waals surface area contributed by atoms with Crippen LogP contribution in [0.1, 0.15) is 50.7 Å². The summed E-state index contributed by atoms with van der Waals surface area (Å²) >= 11 is 0. The first-order chi connectivity index (χ1) is 8.47. The average Bonchev–Trinajstić information content (AvgIpc) is 2.32. The second-order valence-electron chi connectivity index (χ2n) is 4.65. The van der Waals surface area contributed by atoms with Gasteiger partial charge in [0.05, 0.1) is 4.90 Å². The Balaban J connectivity index is 0.00000324. The molecule has 102 valence electrons. The monoisotopic (exact) mass is 292 g/mol. The third-order valence-electron chi connectivity index (χ3n) is 2.95. The van der Waals surface area contributed by atoms with Crippen molar-refractivity contribution in [2.24, 2.45) is 0 Å². The van der Waals surface area contributed by atoms with Crippen molar-refractivity contribution >= 4 is 10.1 Å². The predicted molar refractivity (Wildman–Crippen MR) is 71.6 cm³/mol. The van der Waals surface area contributed by atoms with Crippen molar-refractivity contribution in [3.63, 3.8) is 0 Å². The molecule has 0 unspecified atom stereocenters. The number of unbranched alkanes of at least 4 members (excludes halogenated alkanes) is 2. The first-order valence-corrected chi connectivity index (χ1v) is 7.97. The molecule has 0 saturated heterocycles. The zero-order valence-electron chi connectivity index (χ0n) is 12.1. The van der Waals surface area contributed by atoms with E-state index in [0.717, 1.165) is 49.7 Å². The van der Waals surface area contributed by atoms with E-state index in [2.05, 4.69) is 13.8 Å². The van der Waals surface area contributed by atoms with Crippen molar-refractivity contribution in [2.45, 2.75) is 57.3 Å². The van der Waals surface area contributed by atoms with Crippen LogP contribution in [0.2, 0.25) is 0 Å². The van der Waals surface area contributed by atoms with E-state index in [1.54, 1.807) is 0 Å². The van der Waals surface area contributed by atoms with Crippen LogP contribution in [0.4, 0.5) is 0 Å². The summed E-state index contributed by atoms with van der Waals surface area (Å²) in [7, 11) is -4.35. The SMILES string of the molecule is CCCCc1cc(CCCC)cc(S(=O)(=O)[O-])c1.[Na+]. The van der Waals surface area contributed by atoms with E-state index in [-0.39, 0.29) is 34.5 Å². The topological polar surface area (TPSA) is 57.2 Å². The van der Waals surface area contributed by atoms with E-state index in [1.165, 1.54) is 12.1 Å². The Bertz CT molecular complexity index is 457. The van der Waals surface area contributed by atoms with E-state index in [1.807, 2.05) is 6.07 Å². The van der Waals surface area contributed by atoms with E-state index >= 15 is 0 Å². The quantitative estimate of drug-likeness (QED) is 0.536. The Kier molecular flexibility index (Phi) is 9.20. The molecule has 0 aromatic heterocycles. The van der Waals surface area contributed by atoms with Gasteiger partial charge < -0.3 is 4.55 Å². The average molecular weight is 292 g/mol. The summed E-state index contributed by atoms with van der Waals surface area (Å²) in [6.45, 7) is 4.18. The zero-order chi connectivity index (χ0) is 13.6. The largest absolute Gasteiger partial charge is 1.00 e. The molecule has 0 N–H and O–H groups in total. The van der Waals surface area contributed by atoms with Gasteiger partial charge in [-0.05, 0) is 48.9 Å². The van der Waals surface area contributed by atoms with Crippen LogP contribution >= 0.6 is 0 Å². The van der Waals surface area contributed by atoms with Gasteiger partial charge in [0.1, 0.15) is 10.1 Å². The third-order valence-corrected chi connectivity index (χ3v) is 3.77. The summed E-state index contributed by atoms with van der Waals surface area (Å²) in [5, 5.41) is 0. The van der Waals surface area contributed by atoms with E-state index in [9.17, 15) is 13.0 Å². The van der Waals surface area contributed by atoms with E-state index in [4.69, 9.17) is 0 Å². The molecule has 0 fully saturated rings. The molecule has 1 aromatic rings. The van der Waals surface area contributed by atoms with Crippen LogP contribution in [0.15, 0.2) is 23.1 Å². The second-order valence-corrected chi connectivity index (χ2v) is 6.03. The summed E-state index contributed by atoms with van der Waals surface area (Å²) in [5.41, 5.74) is 1.92. The molecule has 0 spiro atoms. The molecule has 0 aliphatic rings. The van der Waals surface area contributed by atoms with E-state index < -0.39 is 10.1 Å². The summed E-state index contributed by atoms with van der Waals surface area (Å²) in [4.78, 5) is -0.0813. The Hall–Kier alpha value is 0.130. The first kappa shape index (κ1) is 19.1. The molecule has 0 bridgehead atoms. The van der Waals surface area contributed by atoms with Gasteiger partial charge in [-0.2, -0.15) is 0 Å². The Morgan fingerprint density at radius 1 is 0.947 bits per heavy atom. The molecule has 3 nitrogen and oxygen atoms in total. The smallest absolute Gasteiger partial charge is 0.744 e. The minimum atomic E-state index is -4.35. The molecule has 0 aliphatic heterocycles. The molecule has 0 amide bonds. The maximum atomic E-state index is 11.1. The predicted octanol–water partition coefficient (Wildman–Crippen LogP) is 0.280. The summed E-state index contributed by atoms with van der Waals surface area (Å²) in [6, 6.07) is 5.07. The van der Waals surface area contributed by atoms with Crippen LogP contribution in [0.5, 0.6) is 0 Å². The molecular formula is C14H21NaO3S. The van der Waals surface area contributed by atoms with Crippen LogP contribution < -0.4 is 29.6 Å². The minimum Gasteiger partial charge on any atom is -0.744 e. The van der Waals surface area contributed by atoms with Crippen molar-refractivity contribution < 1.29 is 42.5 Å². The van der Waals surface area contributed by atoms with Gasteiger partial charge in [0.15, 0.2) is 0 Å². The van der Waals surface area contributed by atoms with Gasteiger partial charge in [0, 0.05) is 0 Å².